The van der Waals surface area contributed by atoms with Gasteiger partial charge in [-0.15, -0.1) is 0 Å². The van der Waals surface area contributed by atoms with Crippen LogP contribution in [0.4, 0.5) is 5.82 Å². The first-order valence-corrected chi connectivity index (χ1v) is 9.03. The summed E-state index contributed by atoms with van der Waals surface area (Å²) in [5.41, 5.74) is 2.44. The van der Waals surface area contributed by atoms with Crippen LogP contribution in [0.3, 0.4) is 0 Å². The molecular formula is C18H24N6. The molecule has 3 fully saturated rings. The lowest BCUT2D eigenvalue weighted by molar-refractivity contribution is 0.300. The summed E-state index contributed by atoms with van der Waals surface area (Å²) in [4.78, 5) is 18.1. The molecule has 1 saturated carbocycles. The molecule has 24 heavy (non-hydrogen) atoms. The van der Waals surface area contributed by atoms with Crippen LogP contribution in [0.2, 0.25) is 0 Å². The first-order chi connectivity index (χ1) is 11.8. The highest BCUT2D eigenvalue weighted by Crippen LogP contribution is 2.37. The van der Waals surface area contributed by atoms with Gasteiger partial charge in [0.05, 0.1) is 12.0 Å². The highest BCUT2D eigenvalue weighted by atomic mass is 15.3. The molecule has 2 saturated heterocycles. The third kappa shape index (κ3) is 2.59. The molecule has 1 aliphatic carbocycles. The second kappa shape index (κ2) is 5.55. The Bertz CT molecular complexity index is 723. The predicted molar refractivity (Wildman–Crippen MR) is 91.7 cm³/mol. The average Bonchev–Trinajstić information content (AvgIpc) is 3.00. The Hall–Kier alpha value is -1.95. The highest BCUT2D eigenvalue weighted by Gasteiger charge is 2.40. The topological polar surface area (TPSA) is 50.1 Å². The van der Waals surface area contributed by atoms with Gasteiger partial charge in [-0.1, -0.05) is 0 Å². The molecule has 4 heterocycles. The molecule has 2 aromatic heterocycles. The Morgan fingerprint density at radius 1 is 1.08 bits per heavy atom. The fraction of sp³-hybridized carbons (Fsp3) is 0.611. The zero-order valence-electron chi connectivity index (χ0n) is 14.2. The summed E-state index contributed by atoms with van der Waals surface area (Å²) < 4.78 is 2.39. The Morgan fingerprint density at radius 3 is 2.58 bits per heavy atom. The lowest BCUT2D eigenvalue weighted by atomic mass is 10.0. The first kappa shape index (κ1) is 14.4. The maximum atomic E-state index is 4.46. The predicted octanol–water partition coefficient (Wildman–Crippen LogP) is 1.88. The summed E-state index contributed by atoms with van der Waals surface area (Å²) >= 11 is 0. The highest BCUT2D eigenvalue weighted by molar-refractivity contribution is 5.40. The van der Waals surface area contributed by atoms with E-state index in [-0.39, 0.29) is 0 Å². The quantitative estimate of drug-likeness (QED) is 0.859. The fourth-order valence-corrected chi connectivity index (χ4v) is 4.38. The molecule has 3 aliphatic rings. The van der Waals surface area contributed by atoms with Gasteiger partial charge in [-0.3, -0.25) is 4.90 Å². The number of anilines is 1. The van der Waals surface area contributed by atoms with E-state index in [0.717, 1.165) is 49.0 Å². The SMILES string of the molecule is Cc1cc(N2CC3CN(Cc4cncn4C4CC4)CC3C2)ncn1. The van der Waals surface area contributed by atoms with Crippen molar-refractivity contribution < 1.29 is 0 Å². The van der Waals surface area contributed by atoms with E-state index in [1.807, 2.05) is 13.3 Å². The second-order valence-electron chi connectivity index (χ2n) is 7.66. The van der Waals surface area contributed by atoms with Gasteiger partial charge in [0, 0.05) is 56.7 Å². The molecule has 5 rings (SSSR count). The third-order valence-corrected chi connectivity index (χ3v) is 5.75. The van der Waals surface area contributed by atoms with Gasteiger partial charge in [-0.25, -0.2) is 15.0 Å². The summed E-state index contributed by atoms with van der Waals surface area (Å²) in [5.74, 6) is 2.62. The second-order valence-corrected chi connectivity index (χ2v) is 7.66. The number of aryl methyl sites for hydroxylation is 1. The van der Waals surface area contributed by atoms with Crippen LogP contribution in [0.5, 0.6) is 0 Å². The van der Waals surface area contributed by atoms with Crippen LogP contribution in [0.25, 0.3) is 0 Å². The standard InChI is InChI=1S/C18H24N6/c1-13-4-18(21-11-20-13)23-8-14-6-22(7-15(14)9-23)10-17-5-19-12-24(17)16-2-3-16/h4-5,11-12,14-16H,2-3,6-10H2,1H3. The van der Waals surface area contributed by atoms with E-state index < -0.39 is 0 Å². The molecule has 2 unspecified atom stereocenters. The van der Waals surface area contributed by atoms with E-state index in [0.29, 0.717) is 0 Å². The molecule has 0 spiro atoms. The summed E-state index contributed by atoms with van der Waals surface area (Å²) in [6.07, 6.45) is 8.40. The number of likely N-dealkylation sites (tertiary alicyclic amines) is 1. The summed E-state index contributed by atoms with van der Waals surface area (Å²) in [7, 11) is 0. The van der Waals surface area contributed by atoms with E-state index in [2.05, 4.69) is 41.6 Å². The van der Waals surface area contributed by atoms with Gasteiger partial charge in [0.2, 0.25) is 0 Å². The van der Waals surface area contributed by atoms with Gasteiger partial charge < -0.3 is 9.47 Å². The Morgan fingerprint density at radius 2 is 1.88 bits per heavy atom. The largest absolute Gasteiger partial charge is 0.356 e. The Labute approximate surface area is 142 Å². The number of imidazole rings is 1. The molecule has 0 amide bonds. The molecule has 2 atom stereocenters. The number of nitrogens with zero attached hydrogens (tertiary/aromatic N) is 6. The third-order valence-electron chi connectivity index (χ3n) is 5.75. The molecule has 6 nitrogen and oxygen atoms in total. The summed E-state index contributed by atoms with van der Waals surface area (Å²) in [5, 5.41) is 0. The van der Waals surface area contributed by atoms with Gasteiger partial charge in [0.15, 0.2) is 0 Å². The molecule has 0 aromatic carbocycles. The molecule has 126 valence electrons. The van der Waals surface area contributed by atoms with Crippen molar-refractivity contribution in [1.82, 2.24) is 24.4 Å². The summed E-state index contributed by atoms with van der Waals surface area (Å²) in [6.45, 7) is 7.73. The maximum Gasteiger partial charge on any atom is 0.132 e. The molecule has 0 radical (unpaired) electrons. The van der Waals surface area contributed by atoms with Crippen LogP contribution in [-0.2, 0) is 6.54 Å². The van der Waals surface area contributed by atoms with Gasteiger partial charge in [0.1, 0.15) is 12.1 Å². The Balaban J connectivity index is 1.23. The zero-order valence-corrected chi connectivity index (χ0v) is 14.2. The lowest BCUT2D eigenvalue weighted by Crippen LogP contribution is -2.29. The van der Waals surface area contributed by atoms with E-state index in [1.165, 1.54) is 31.6 Å². The minimum atomic E-state index is 0.723. The molecule has 0 N–H and O–H groups in total. The minimum absolute atomic E-state index is 0.723. The van der Waals surface area contributed by atoms with Gasteiger partial charge in [-0.2, -0.15) is 0 Å². The van der Waals surface area contributed by atoms with Crippen molar-refractivity contribution in [2.45, 2.75) is 32.4 Å². The molecule has 6 heteroatoms. The Kier molecular flexibility index (Phi) is 3.33. The van der Waals surface area contributed by atoms with Crippen LogP contribution in [0, 0.1) is 18.8 Å². The van der Waals surface area contributed by atoms with E-state index in [9.17, 15) is 0 Å². The van der Waals surface area contributed by atoms with Crippen LogP contribution < -0.4 is 4.90 Å². The van der Waals surface area contributed by atoms with Crippen LogP contribution >= 0.6 is 0 Å². The first-order valence-electron chi connectivity index (χ1n) is 9.03. The van der Waals surface area contributed by atoms with Crippen molar-refractivity contribution in [1.29, 1.82) is 0 Å². The van der Waals surface area contributed by atoms with Crippen LogP contribution in [0.15, 0.2) is 24.9 Å². The van der Waals surface area contributed by atoms with E-state index in [1.54, 1.807) is 6.33 Å². The zero-order chi connectivity index (χ0) is 16.1. The van der Waals surface area contributed by atoms with Crippen molar-refractivity contribution in [3.8, 4) is 0 Å². The van der Waals surface area contributed by atoms with Crippen molar-refractivity contribution in [3.05, 3.63) is 36.3 Å². The van der Waals surface area contributed by atoms with Crippen LogP contribution in [-0.4, -0.2) is 50.6 Å². The minimum Gasteiger partial charge on any atom is -0.356 e. The summed E-state index contributed by atoms with van der Waals surface area (Å²) in [6, 6.07) is 2.83. The van der Waals surface area contributed by atoms with Crippen LogP contribution in [0.1, 0.15) is 30.3 Å². The monoisotopic (exact) mass is 324 g/mol. The molecule has 2 aromatic rings. The average molecular weight is 324 g/mol. The number of aromatic nitrogens is 4. The smallest absolute Gasteiger partial charge is 0.132 e. The van der Waals surface area contributed by atoms with E-state index >= 15 is 0 Å². The molecule has 2 aliphatic heterocycles. The van der Waals surface area contributed by atoms with Crippen molar-refractivity contribution in [2.75, 3.05) is 31.1 Å². The van der Waals surface area contributed by atoms with Crippen molar-refractivity contribution >= 4 is 5.82 Å². The number of rotatable bonds is 4. The van der Waals surface area contributed by atoms with Gasteiger partial charge in [-0.05, 0) is 31.6 Å². The fourth-order valence-electron chi connectivity index (χ4n) is 4.38. The van der Waals surface area contributed by atoms with Crippen molar-refractivity contribution in [3.63, 3.8) is 0 Å². The molecule has 0 bridgehead atoms. The number of hydrogen-bond donors (Lipinski definition) is 0. The van der Waals surface area contributed by atoms with Gasteiger partial charge in [0.25, 0.3) is 0 Å². The van der Waals surface area contributed by atoms with Crippen molar-refractivity contribution in [2.24, 2.45) is 11.8 Å². The lowest BCUT2D eigenvalue weighted by Gasteiger charge is -2.22. The number of fused-ring (bicyclic) bond motifs is 1. The maximum absolute atomic E-state index is 4.46. The number of hydrogen-bond acceptors (Lipinski definition) is 5. The normalized spacial score (nSPS) is 27.0. The van der Waals surface area contributed by atoms with Gasteiger partial charge >= 0.3 is 0 Å². The molecular weight excluding hydrogens is 300 g/mol. The van der Waals surface area contributed by atoms with E-state index in [4.69, 9.17) is 0 Å².